The number of nitrogens with two attached hydrogens (primary N) is 1. The molecule has 0 saturated carbocycles. The largest absolute Gasteiger partial charge is 0.489 e. The van der Waals surface area contributed by atoms with Crippen LogP contribution in [0.5, 0.6) is 5.75 Å². The minimum Gasteiger partial charge on any atom is -0.489 e. The first-order valence-corrected chi connectivity index (χ1v) is 9.29. The molecule has 3 rings (SSSR count). The van der Waals surface area contributed by atoms with E-state index >= 15 is 0 Å². The van der Waals surface area contributed by atoms with Crippen LogP contribution in [0.3, 0.4) is 0 Å². The number of primary amides is 1. The molecule has 2 aliphatic heterocycles. The van der Waals surface area contributed by atoms with Gasteiger partial charge in [0.05, 0.1) is 0 Å². The van der Waals surface area contributed by atoms with Crippen molar-refractivity contribution in [2.24, 2.45) is 10.7 Å². The normalized spacial score (nSPS) is 24.3. The number of allylic oxidation sites excluding steroid dienone is 3. The van der Waals surface area contributed by atoms with Gasteiger partial charge in [-0.15, -0.1) is 0 Å². The van der Waals surface area contributed by atoms with Gasteiger partial charge in [0, 0.05) is 23.9 Å². The number of hydrogen-bond acceptors (Lipinski definition) is 5. The number of ether oxygens (including phenoxy) is 1. The van der Waals surface area contributed by atoms with Crippen LogP contribution in [-0.2, 0) is 4.79 Å². The first-order chi connectivity index (χ1) is 13.2. The van der Waals surface area contributed by atoms with Crippen LogP contribution in [0.1, 0.15) is 25.3 Å². The maximum atomic E-state index is 10.7. The molecule has 142 valence electrons. The fourth-order valence-corrected chi connectivity index (χ4v) is 3.11. The number of benzene rings is 1. The van der Waals surface area contributed by atoms with Crippen LogP contribution < -0.4 is 21.1 Å². The molecule has 0 aliphatic carbocycles. The Morgan fingerprint density at radius 2 is 2.11 bits per heavy atom. The maximum absolute atomic E-state index is 10.7. The number of amidine groups is 1. The summed E-state index contributed by atoms with van der Waals surface area (Å²) < 4.78 is 6.03. The van der Waals surface area contributed by atoms with Crippen molar-refractivity contribution in [1.29, 1.82) is 0 Å². The summed E-state index contributed by atoms with van der Waals surface area (Å²) in [7, 11) is 0. The number of nitrogens with one attached hydrogen (secondary N) is 2. The van der Waals surface area contributed by atoms with Gasteiger partial charge in [-0.25, -0.2) is 0 Å². The third kappa shape index (κ3) is 5.31. The molecule has 1 fully saturated rings. The molecule has 0 bridgehead atoms. The van der Waals surface area contributed by atoms with Gasteiger partial charge in [-0.3, -0.25) is 9.79 Å². The molecule has 1 aromatic carbocycles. The highest BCUT2D eigenvalue weighted by Crippen LogP contribution is 2.20. The van der Waals surface area contributed by atoms with E-state index in [1.54, 1.807) is 12.2 Å². The monoisotopic (exact) mass is 366 g/mol. The quantitative estimate of drug-likeness (QED) is 0.531. The van der Waals surface area contributed by atoms with Crippen LogP contribution in [-0.4, -0.2) is 37.0 Å². The SMILES string of the molecule is C/C=C1/NC(c2ccc(OC3CCCNC3)cc2)=NC1C=C/C=C/C(N)=O. The zero-order chi connectivity index (χ0) is 19.1. The van der Waals surface area contributed by atoms with Crippen LogP contribution >= 0.6 is 0 Å². The number of rotatable bonds is 6. The molecule has 1 saturated heterocycles. The molecule has 2 aliphatic rings. The molecule has 6 nitrogen and oxygen atoms in total. The molecule has 2 unspecified atom stereocenters. The fourth-order valence-electron chi connectivity index (χ4n) is 3.11. The number of nitrogens with zero attached hydrogens (tertiary/aromatic N) is 1. The summed E-state index contributed by atoms with van der Waals surface area (Å²) in [6.45, 7) is 3.94. The van der Waals surface area contributed by atoms with Gasteiger partial charge >= 0.3 is 0 Å². The Hall–Kier alpha value is -2.86. The van der Waals surface area contributed by atoms with Crippen LogP contribution in [0.4, 0.5) is 0 Å². The van der Waals surface area contributed by atoms with Crippen molar-refractivity contribution < 1.29 is 9.53 Å². The Morgan fingerprint density at radius 1 is 1.30 bits per heavy atom. The second kappa shape index (κ2) is 9.19. The summed E-state index contributed by atoms with van der Waals surface area (Å²) in [5.41, 5.74) is 7.09. The first kappa shape index (κ1) is 18.9. The van der Waals surface area contributed by atoms with E-state index in [9.17, 15) is 4.79 Å². The smallest absolute Gasteiger partial charge is 0.241 e. The molecule has 1 amide bonds. The minimum absolute atomic E-state index is 0.105. The van der Waals surface area contributed by atoms with Gasteiger partial charge in [-0.05, 0) is 50.6 Å². The predicted molar refractivity (Wildman–Crippen MR) is 108 cm³/mol. The standard InChI is InChI=1S/C21H26N4O2/c1-2-18-19(7-3-4-8-20(22)26)25-21(24-18)15-9-11-16(12-10-15)27-17-6-5-13-23-14-17/h2-4,7-12,17,19,23H,5-6,13-14H2,1H3,(H2,22,26)(H,24,25)/b7-3?,8-4+,18-2+. The van der Waals surface area contributed by atoms with E-state index in [1.165, 1.54) is 6.08 Å². The van der Waals surface area contributed by atoms with Crippen molar-refractivity contribution in [3.05, 3.63) is 65.9 Å². The maximum Gasteiger partial charge on any atom is 0.241 e. The Kier molecular flexibility index (Phi) is 6.44. The Labute approximate surface area is 159 Å². The minimum atomic E-state index is -0.467. The van der Waals surface area contributed by atoms with Gasteiger partial charge in [0.25, 0.3) is 0 Å². The summed E-state index contributed by atoms with van der Waals surface area (Å²) >= 11 is 0. The highest BCUT2D eigenvalue weighted by molar-refractivity contribution is 6.02. The number of piperidine rings is 1. The molecule has 4 N–H and O–H groups in total. The van der Waals surface area contributed by atoms with E-state index in [4.69, 9.17) is 15.5 Å². The zero-order valence-corrected chi connectivity index (χ0v) is 15.5. The fraction of sp³-hybridized carbons (Fsp3) is 0.333. The van der Waals surface area contributed by atoms with Crippen molar-refractivity contribution >= 4 is 11.7 Å². The summed E-state index contributed by atoms with van der Waals surface area (Å²) in [5.74, 6) is 1.24. The molecule has 2 atom stereocenters. The van der Waals surface area contributed by atoms with Gasteiger partial charge in [-0.2, -0.15) is 0 Å². The lowest BCUT2D eigenvalue weighted by Crippen LogP contribution is -2.37. The summed E-state index contributed by atoms with van der Waals surface area (Å²) in [5, 5.41) is 6.71. The van der Waals surface area contributed by atoms with E-state index in [2.05, 4.69) is 10.6 Å². The van der Waals surface area contributed by atoms with Crippen molar-refractivity contribution in [2.45, 2.75) is 31.9 Å². The molecule has 6 heteroatoms. The molecule has 0 spiro atoms. The summed E-state index contributed by atoms with van der Waals surface area (Å²) in [6.07, 6.45) is 11.1. The second-order valence-corrected chi connectivity index (χ2v) is 6.55. The number of carbonyl (C=O) groups is 1. The average Bonchev–Trinajstić information content (AvgIpc) is 3.10. The molecule has 1 aromatic rings. The molecule has 0 radical (unpaired) electrons. The van der Waals surface area contributed by atoms with Gasteiger partial charge in [0.2, 0.25) is 5.91 Å². The van der Waals surface area contributed by atoms with Crippen molar-refractivity contribution in [1.82, 2.24) is 10.6 Å². The first-order valence-electron chi connectivity index (χ1n) is 9.29. The Bertz CT molecular complexity index is 772. The molecule has 2 heterocycles. The van der Waals surface area contributed by atoms with E-state index < -0.39 is 5.91 Å². The Balaban J connectivity index is 1.66. The molecular weight excluding hydrogens is 340 g/mol. The topological polar surface area (TPSA) is 88.7 Å². The van der Waals surface area contributed by atoms with Crippen molar-refractivity contribution in [3.8, 4) is 5.75 Å². The summed E-state index contributed by atoms with van der Waals surface area (Å²) in [4.78, 5) is 15.5. The molecule has 27 heavy (non-hydrogen) atoms. The summed E-state index contributed by atoms with van der Waals surface area (Å²) in [6, 6.07) is 7.91. The van der Waals surface area contributed by atoms with Crippen LogP contribution in [0.15, 0.2) is 65.3 Å². The van der Waals surface area contributed by atoms with E-state index in [0.29, 0.717) is 0 Å². The number of carbonyl (C=O) groups excluding carboxylic acids is 1. The van der Waals surface area contributed by atoms with Gasteiger partial charge < -0.3 is 21.1 Å². The van der Waals surface area contributed by atoms with E-state index in [-0.39, 0.29) is 12.1 Å². The number of hydrogen-bond donors (Lipinski definition) is 3. The average molecular weight is 366 g/mol. The lowest BCUT2D eigenvalue weighted by molar-refractivity contribution is -0.113. The lowest BCUT2D eigenvalue weighted by Gasteiger charge is -2.24. The number of amides is 1. The van der Waals surface area contributed by atoms with E-state index in [0.717, 1.165) is 48.8 Å². The van der Waals surface area contributed by atoms with E-state index in [1.807, 2.05) is 43.3 Å². The third-order valence-corrected chi connectivity index (χ3v) is 4.51. The van der Waals surface area contributed by atoms with Crippen molar-refractivity contribution in [3.63, 3.8) is 0 Å². The van der Waals surface area contributed by atoms with Crippen LogP contribution in [0.2, 0.25) is 0 Å². The Morgan fingerprint density at radius 3 is 2.78 bits per heavy atom. The van der Waals surface area contributed by atoms with Gasteiger partial charge in [-0.1, -0.05) is 24.3 Å². The zero-order valence-electron chi connectivity index (χ0n) is 15.5. The van der Waals surface area contributed by atoms with Crippen LogP contribution in [0, 0.1) is 0 Å². The lowest BCUT2D eigenvalue weighted by atomic mass is 10.1. The third-order valence-electron chi connectivity index (χ3n) is 4.51. The molecular formula is C21H26N4O2. The molecule has 0 aromatic heterocycles. The highest BCUT2D eigenvalue weighted by atomic mass is 16.5. The second-order valence-electron chi connectivity index (χ2n) is 6.55. The van der Waals surface area contributed by atoms with Gasteiger partial charge in [0.15, 0.2) is 0 Å². The van der Waals surface area contributed by atoms with Gasteiger partial charge in [0.1, 0.15) is 23.7 Å². The predicted octanol–water partition coefficient (Wildman–Crippen LogP) is 2.04. The number of aliphatic imine (C=N–C) groups is 1. The highest BCUT2D eigenvalue weighted by Gasteiger charge is 2.21. The van der Waals surface area contributed by atoms with Crippen LogP contribution in [0.25, 0.3) is 0 Å². The van der Waals surface area contributed by atoms with Crippen molar-refractivity contribution in [2.75, 3.05) is 13.1 Å².